The van der Waals surface area contributed by atoms with Gasteiger partial charge in [0.05, 0.1) is 17.9 Å². The van der Waals surface area contributed by atoms with E-state index in [1.807, 2.05) is 6.07 Å². The van der Waals surface area contributed by atoms with Gasteiger partial charge < -0.3 is 9.47 Å². The molecular formula is C11H11NO2. The third kappa shape index (κ3) is 3.20. The quantitative estimate of drug-likeness (QED) is 0.526. The zero-order chi connectivity index (χ0) is 10.2. The van der Waals surface area contributed by atoms with E-state index in [0.717, 1.165) is 5.75 Å². The molecule has 0 radical (unpaired) electrons. The van der Waals surface area contributed by atoms with E-state index in [0.29, 0.717) is 18.8 Å². The molecular weight excluding hydrogens is 178 g/mol. The van der Waals surface area contributed by atoms with Crippen LogP contribution in [-0.4, -0.2) is 13.2 Å². The van der Waals surface area contributed by atoms with Gasteiger partial charge in [0.2, 0.25) is 0 Å². The van der Waals surface area contributed by atoms with Crippen molar-refractivity contribution in [1.29, 1.82) is 5.26 Å². The Labute approximate surface area is 83.2 Å². The standard InChI is InChI=1S/C11H11NO2/c1-2-13-7-8-14-11-5-3-10(9-12)4-6-11/h2-6H,1,7-8H2. The number of benzene rings is 1. The van der Waals surface area contributed by atoms with Gasteiger partial charge >= 0.3 is 0 Å². The molecule has 0 amide bonds. The Balaban J connectivity index is 2.37. The van der Waals surface area contributed by atoms with Crippen molar-refractivity contribution in [3.8, 4) is 11.8 Å². The normalized spacial score (nSPS) is 8.79. The molecule has 1 aromatic carbocycles. The van der Waals surface area contributed by atoms with Crippen LogP contribution in [0.5, 0.6) is 5.75 Å². The molecule has 0 aromatic heterocycles. The lowest BCUT2D eigenvalue weighted by Gasteiger charge is -2.05. The maximum Gasteiger partial charge on any atom is 0.122 e. The molecule has 0 atom stereocenters. The molecule has 0 bridgehead atoms. The van der Waals surface area contributed by atoms with Crippen molar-refractivity contribution < 1.29 is 9.47 Å². The molecule has 0 aliphatic heterocycles. The first-order chi connectivity index (χ1) is 6.86. The highest BCUT2D eigenvalue weighted by molar-refractivity contribution is 5.34. The largest absolute Gasteiger partial charge is 0.498 e. The minimum atomic E-state index is 0.470. The van der Waals surface area contributed by atoms with Gasteiger partial charge in [-0.2, -0.15) is 5.26 Å². The molecule has 0 aliphatic carbocycles. The Morgan fingerprint density at radius 2 is 2.00 bits per heavy atom. The van der Waals surface area contributed by atoms with Crippen molar-refractivity contribution in [1.82, 2.24) is 0 Å². The Morgan fingerprint density at radius 1 is 1.29 bits per heavy atom. The molecule has 3 nitrogen and oxygen atoms in total. The summed E-state index contributed by atoms with van der Waals surface area (Å²) < 4.78 is 10.2. The van der Waals surface area contributed by atoms with Crippen LogP contribution in [-0.2, 0) is 4.74 Å². The van der Waals surface area contributed by atoms with E-state index in [4.69, 9.17) is 14.7 Å². The third-order valence-corrected chi connectivity index (χ3v) is 1.57. The van der Waals surface area contributed by atoms with Crippen LogP contribution in [0.25, 0.3) is 0 Å². The summed E-state index contributed by atoms with van der Waals surface area (Å²) in [4.78, 5) is 0. The maximum atomic E-state index is 8.55. The van der Waals surface area contributed by atoms with Crippen LogP contribution in [0.2, 0.25) is 0 Å². The monoisotopic (exact) mass is 189 g/mol. The first kappa shape index (κ1) is 10.1. The predicted molar refractivity (Wildman–Crippen MR) is 52.8 cm³/mol. The number of hydrogen-bond acceptors (Lipinski definition) is 3. The average Bonchev–Trinajstić information content (AvgIpc) is 2.25. The Morgan fingerprint density at radius 3 is 2.57 bits per heavy atom. The van der Waals surface area contributed by atoms with Crippen LogP contribution in [0.3, 0.4) is 0 Å². The fraction of sp³-hybridized carbons (Fsp3) is 0.182. The molecule has 0 aliphatic rings. The van der Waals surface area contributed by atoms with Crippen LogP contribution in [0, 0.1) is 11.3 Å². The van der Waals surface area contributed by atoms with Gasteiger partial charge in [0.25, 0.3) is 0 Å². The zero-order valence-electron chi connectivity index (χ0n) is 7.77. The smallest absolute Gasteiger partial charge is 0.122 e. The number of ether oxygens (including phenoxy) is 2. The highest BCUT2D eigenvalue weighted by Crippen LogP contribution is 2.10. The minimum absolute atomic E-state index is 0.470. The van der Waals surface area contributed by atoms with Crippen LogP contribution in [0.1, 0.15) is 5.56 Å². The second-order valence-electron chi connectivity index (χ2n) is 2.52. The molecule has 72 valence electrons. The molecule has 0 saturated heterocycles. The summed E-state index contributed by atoms with van der Waals surface area (Å²) in [5.74, 6) is 0.733. The van der Waals surface area contributed by atoms with Crippen LogP contribution in [0.4, 0.5) is 0 Å². The van der Waals surface area contributed by atoms with E-state index >= 15 is 0 Å². The highest BCUT2D eigenvalue weighted by atomic mass is 16.5. The molecule has 0 unspecified atom stereocenters. The first-order valence-electron chi connectivity index (χ1n) is 4.22. The summed E-state index contributed by atoms with van der Waals surface area (Å²) in [5, 5.41) is 8.55. The predicted octanol–water partition coefficient (Wildman–Crippen LogP) is 2.10. The Bertz CT molecular complexity index is 324. The molecule has 14 heavy (non-hydrogen) atoms. The summed E-state index contributed by atoms with van der Waals surface area (Å²) in [7, 11) is 0. The van der Waals surface area contributed by atoms with E-state index in [1.54, 1.807) is 24.3 Å². The van der Waals surface area contributed by atoms with Gasteiger partial charge in [-0.05, 0) is 24.3 Å². The second-order valence-corrected chi connectivity index (χ2v) is 2.52. The van der Waals surface area contributed by atoms with E-state index in [2.05, 4.69) is 6.58 Å². The van der Waals surface area contributed by atoms with Gasteiger partial charge in [-0.25, -0.2) is 0 Å². The van der Waals surface area contributed by atoms with Crippen molar-refractivity contribution in [2.75, 3.05) is 13.2 Å². The SMILES string of the molecule is C=COCCOc1ccc(C#N)cc1. The summed E-state index contributed by atoms with van der Waals surface area (Å²) in [6.45, 7) is 4.36. The van der Waals surface area contributed by atoms with Crippen molar-refractivity contribution in [3.05, 3.63) is 42.7 Å². The van der Waals surface area contributed by atoms with Crippen molar-refractivity contribution in [2.45, 2.75) is 0 Å². The van der Waals surface area contributed by atoms with Crippen molar-refractivity contribution >= 4 is 0 Å². The van der Waals surface area contributed by atoms with Crippen LogP contribution in [0.15, 0.2) is 37.1 Å². The lowest BCUT2D eigenvalue weighted by Crippen LogP contribution is -2.03. The summed E-state index contributed by atoms with van der Waals surface area (Å²) >= 11 is 0. The van der Waals surface area contributed by atoms with Crippen LogP contribution < -0.4 is 4.74 Å². The third-order valence-electron chi connectivity index (χ3n) is 1.57. The highest BCUT2D eigenvalue weighted by Gasteiger charge is 1.93. The lowest BCUT2D eigenvalue weighted by molar-refractivity contribution is 0.179. The van der Waals surface area contributed by atoms with Gasteiger partial charge in [0.15, 0.2) is 0 Å². The maximum absolute atomic E-state index is 8.55. The molecule has 1 rings (SSSR count). The first-order valence-corrected chi connectivity index (χ1v) is 4.22. The topological polar surface area (TPSA) is 42.2 Å². The zero-order valence-corrected chi connectivity index (χ0v) is 7.77. The number of nitriles is 1. The molecule has 3 heteroatoms. The van der Waals surface area contributed by atoms with Crippen molar-refractivity contribution in [2.24, 2.45) is 0 Å². The molecule has 0 spiro atoms. The Kier molecular flexibility index (Phi) is 4.09. The number of nitrogens with zero attached hydrogens (tertiary/aromatic N) is 1. The molecule has 0 fully saturated rings. The summed E-state index contributed by atoms with van der Waals surface area (Å²) in [6.07, 6.45) is 1.38. The molecule has 0 saturated carbocycles. The van der Waals surface area contributed by atoms with E-state index in [-0.39, 0.29) is 0 Å². The van der Waals surface area contributed by atoms with Gasteiger partial charge in [-0.15, -0.1) is 0 Å². The summed E-state index contributed by atoms with van der Waals surface area (Å²) in [6, 6.07) is 8.97. The van der Waals surface area contributed by atoms with E-state index < -0.39 is 0 Å². The van der Waals surface area contributed by atoms with E-state index in [1.165, 1.54) is 6.26 Å². The molecule has 1 aromatic rings. The van der Waals surface area contributed by atoms with Crippen molar-refractivity contribution in [3.63, 3.8) is 0 Å². The van der Waals surface area contributed by atoms with Gasteiger partial charge in [0.1, 0.15) is 19.0 Å². The van der Waals surface area contributed by atoms with Gasteiger partial charge in [-0.3, -0.25) is 0 Å². The average molecular weight is 189 g/mol. The van der Waals surface area contributed by atoms with E-state index in [9.17, 15) is 0 Å². The second kappa shape index (κ2) is 5.65. The van der Waals surface area contributed by atoms with Crippen LogP contribution >= 0.6 is 0 Å². The van der Waals surface area contributed by atoms with Gasteiger partial charge in [-0.1, -0.05) is 6.58 Å². The lowest BCUT2D eigenvalue weighted by atomic mass is 10.2. The Hall–Kier alpha value is -1.95. The number of rotatable bonds is 5. The van der Waals surface area contributed by atoms with Gasteiger partial charge in [0, 0.05) is 0 Å². The minimum Gasteiger partial charge on any atom is -0.498 e. The molecule has 0 heterocycles. The molecule has 0 N–H and O–H groups in total. The summed E-state index contributed by atoms with van der Waals surface area (Å²) in [5.41, 5.74) is 0.625. The fourth-order valence-corrected chi connectivity index (χ4v) is 0.917. The number of hydrogen-bond donors (Lipinski definition) is 0. The fourth-order valence-electron chi connectivity index (χ4n) is 0.917.